The van der Waals surface area contributed by atoms with E-state index in [0.717, 1.165) is 29.0 Å². The smallest absolute Gasteiger partial charge is 0.325 e. The van der Waals surface area contributed by atoms with E-state index >= 15 is 0 Å². The number of halogens is 2. The molecule has 0 saturated heterocycles. The second-order valence-electron chi connectivity index (χ2n) is 6.76. The maximum absolute atomic E-state index is 13.5. The number of aromatic nitrogens is 2. The van der Waals surface area contributed by atoms with Crippen LogP contribution in [0, 0.1) is 11.6 Å². The van der Waals surface area contributed by atoms with Crippen molar-refractivity contribution in [3.8, 4) is 0 Å². The Balaban J connectivity index is 1.48. The van der Waals surface area contributed by atoms with Gasteiger partial charge < -0.3 is 10.2 Å². The van der Waals surface area contributed by atoms with Crippen LogP contribution >= 0.6 is 11.3 Å². The molecule has 10 heteroatoms. The first-order valence-electron chi connectivity index (χ1n) is 9.05. The Morgan fingerprint density at radius 1 is 1.23 bits per heavy atom. The fourth-order valence-electron chi connectivity index (χ4n) is 3.10. The van der Waals surface area contributed by atoms with Gasteiger partial charge in [-0.2, -0.15) is 0 Å². The van der Waals surface area contributed by atoms with Crippen molar-refractivity contribution in [2.45, 2.75) is 19.6 Å². The Morgan fingerprint density at radius 3 is 2.80 bits per heavy atom. The Hall–Kier alpha value is -3.40. The molecule has 0 radical (unpaired) electrons. The molecule has 7 nitrogen and oxygen atoms in total. The van der Waals surface area contributed by atoms with Crippen molar-refractivity contribution < 1.29 is 18.4 Å². The van der Waals surface area contributed by atoms with E-state index in [1.54, 1.807) is 25.5 Å². The molecule has 0 fully saturated rings. The highest BCUT2D eigenvalue weighted by atomic mass is 32.1. The summed E-state index contributed by atoms with van der Waals surface area (Å²) in [5.74, 6) is -2.25. The van der Waals surface area contributed by atoms with Gasteiger partial charge in [0.25, 0.3) is 5.91 Å². The van der Waals surface area contributed by atoms with Crippen LogP contribution in [-0.2, 0) is 19.6 Å². The Morgan fingerprint density at radius 2 is 2.07 bits per heavy atom. The van der Waals surface area contributed by atoms with Gasteiger partial charge in [-0.15, -0.1) is 0 Å². The molecule has 1 N–H and O–H groups in total. The molecule has 30 heavy (non-hydrogen) atoms. The number of hydrogen-bond donors (Lipinski definition) is 1. The summed E-state index contributed by atoms with van der Waals surface area (Å²) >= 11 is 1.13. The summed E-state index contributed by atoms with van der Waals surface area (Å²) in [6, 6.07) is 6.85. The van der Waals surface area contributed by atoms with Crippen LogP contribution < -0.4 is 10.2 Å². The van der Waals surface area contributed by atoms with Gasteiger partial charge in [-0.25, -0.2) is 18.6 Å². The molecule has 1 aromatic carbocycles. The first-order valence-corrected chi connectivity index (χ1v) is 9.87. The second-order valence-corrected chi connectivity index (χ2v) is 7.74. The van der Waals surface area contributed by atoms with Gasteiger partial charge in [0.1, 0.15) is 5.00 Å². The third-order valence-electron chi connectivity index (χ3n) is 4.61. The van der Waals surface area contributed by atoms with Crippen LogP contribution in [0.25, 0.3) is 0 Å². The van der Waals surface area contributed by atoms with E-state index in [-0.39, 0.29) is 30.0 Å². The summed E-state index contributed by atoms with van der Waals surface area (Å²) in [5.41, 5.74) is 1.90. The van der Waals surface area contributed by atoms with Crippen molar-refractivity contribution in [3.63, 3.8) is 0 Å². The highest BCUT2D eigenvalue weighted by Gasteiger charge is 2.32. The molecule has 0 saturated carbocycles. The van der Waals surface area contributed by atoms with E-state index in [9.17, 15) is 18.4 Å². The van der Waals surface area contributed by atoms with Gasteiger partial charge in [-0.1, -0.05) is 23.5 Å². The van der Waals surface area contributed by atoms with Crippen LogP contribution in [0.4, 0.5) is 18.6 Å². The number of nitrogens with one attached hydrogen (secondary N) is 1. The van der Waals surface area contributed by atoms with Crippen molar-refractivity contribution in [2.75, 3.05) is 11.9 Å². The maximum atomic E-state index is 13.5. The quantitative estimate of drug-likeness (QED) is 0.675. The molecule has 0 unspecified atom stereocenters. The van der Waals surface area contributed by atoms with Gasteiger partial charge in [0.2, 0.25) is 0 Å². The molecule has 1 aliphatic rings. The largest absolute Gasteiger partial charge is 0.346 e. The summed E-state index contributed by atoms with van der Waals surface area (Å²) in [5, 5.41) is 3.63. The predicted molar refractivity (Wildman–Crippen MR) is 107 cm³/mol. The van der Waals surface area contributed by atoms with E-state index in [1.807, 2.05) is 6.07 Å². The van der Waals surface area contributed by atoms with Crippen LogP contribution in [-0.4, -0.2) is 33.9 Å². The summed E-state index contributed by atoms with van der Waals surface area (Å²) in [7, 11) is 1.59. The van der Waals surface area contributed by atoms with E-state index in [1.165, 1.54) is 15.9 Å². The number of nitrogens with zero attached hydrogens (tertiary/aromatic N) is 4. The number of carbonyl (C=O) groups is 2. The second kappa shape index (κ2) is 8.15. The van der Waals surface area contributed by atoms with Crippen molar-refractivity contribution in [1.82, 2.24) is 20.2 Å². The van der Waals surface area contributed by atoms with Crippen LogP contribution in [0.2, 0.25) is 0 Å². The fourth-order valence-corrected chi connectivity index (χ4v) is 4.04. The lowest BCUT2D eigenvalue weighted by atomic mass is 10.2. The summed E-state index contributed by atoms with van der Waals surface area (Å²) in [6.45, 7) is 0.581. The number of anilines is 1. The van der Waals surface area contributed by atoms with E-state index in [2.05, 4.69) is 15.3 Å². The average molecular weight is 429 g/mol. The van der Waals surface area contributed by atoms with Crippen LogP contribution in [0.15, 0.2) is 42.7 Å². The zero-order chi connectivity index (χ0) is 21.3. The monoisotopic (exact) mass is 429 g/mol. The molecule has 0 aliphatic carbocycles. The fraction of sp³-hybridized carbons (Fsp3) is 0.200. The highest BCUT2D eigenvalue weighted by Crippen LogP contribution is 2.34. The summed E-state index contributed by atoms with van der Waals surface area (Å²) in [6.07, 6.45) is 3.31. The first-order chi connectivity index (χ1) is 14.4. The van der Waals surface area contributed by atoms with Gasteiger partial charge in [-0.05, 0) is 29.3 Å². The van der Waals surface area contributed by atoms with Crippen molar-refractivity contribution in [1.29, 1.82) is 0 Å². The number of thiazole rings is 1. The Labute approximate surface area is 175 Å². The molecule has 3 aromatic rings. The predicted octanol–water partition coefficient (Wildman–Crippen LogP) is 3.32. The summed E-state index contributed by atoms with van der Waals surface area (Å²) < 4.78 is 26.6. The molecular weight excluding hydrogens is 412 g/mol. The topological polar surface area (TPSA) is 78.4 Å². The third kappa shape index (κ3) is 3.99. The average Bonchev–Trinajstić information content (AvgIpc) is 3.18. The number of benzene rings is 1. The maximum Gasteiger partial charge on any atom is 0.325 e. The minimum Gasteiger partial charge on any atom is -0.346 e. The molecule has 4 rings (SSSR count). The molecule has 154 valence electrons. The normalized spacial score (nSPS) is 13.4. The number of fused-ring (bicyclic) bond motifs is 1. The zero-order valence-electron chi connectivity index (χ0n) is 15.9. The SMILES string of the molecule is CN1C(=O)N(Cc2ccc(F)c(F)c2)Cc2nc(C(=O)NCc3cccnc3)sc21. The van der Waals surface area contributed by atoms with Crippen molar-refractivity contribution >= 4 is 28.3 Å². The molecule has 3 amide bonds. The number of urea groups is 1. The molecule has 2 aromatic heterocycles. The molecule has 0 spiro atoms. The molecule has 1 aliphatic heterocycles. The first kappa shape index (κ1) is 19.9. The number of pyridine rings is 1. The molecule has 0 atom stereocenters. The third-order valence-corrected chi connectivity index (χ3v) is 5.78. The van der Waals surface area contributed by atoms with E-state index in [0.29, 0.717) is 22.8 Å². The zero-order valence-corrected chi connectivity index (χ0v) is 16.7. The number of rotatable bonds is 5. The van der Waals surface area contributed by atoms with E-state index in [4.69, 9.17) is 0 Å². The number of carbonyl (C=O) groups excluding carboxylic acids is 2. The molecule has 3 heterocycles. The van der Waals surface area contributed by atoms with Gasteiger partial charge in [0, 0.05) is 32.5 Å². The number of amides is 3. The van der Waals surface area contributed by atoms with Crippen LogP contribution in [0.3, 0.4) is 0 Å². The lowest BCUT2D eigenvalue weighted by Gasteiger charge is -2.32. The number of hydrogen-bond acceptors (Lipinski definition) is 5. The minimum absolute atomic E-state index is 0.0971. The van der Waals surface area contributed by atoms with Gasteiger partial charge in [0.15, 0.2) is 16.6 Å². The van der Waals surface area contributed by atoms with Gasteiger partial charge in [0.05, 0.1) is 12.2 Å². The van der Waals surface area contributed by atoms with Crippen LogP contribution in [0.5, 0.6) is 0 Å². The van der Waals surface area contributed by atoms with E-state index < -0.39 is 11.6 Å². The lowest BCUT2D eigenvalue weighted by molar-refractivity contribution is 0.0950. The Bertz CT molecular complexity index is 1110. The standard InChI is InChI=1S/C20H17F2N5O2S/c1-26-19-16(11-27(20(26)29)10-12-4-5-14(21)15(22)7-12)25-18(30-19)17(28)24-9-13-3-2-6-23-8-13/h2-8H,9-11H2,1H3,(H,24,28). The van der Waals surface area contributed by atoms with Crippen LogP contribution in [0.1, 0.15) is 26.6 Å². The Kier molecular flexibility index (Phi) is 5.40. The molecular formula is C20H17F2N5O2S. The minimum atomic E-state index is -0.966. The lowest BCUT2D eigenvalue weighted by Crippen LogP contribution is -2.44. The van der Waals surface area contributed by atoms with Gasteiger partial charge in [-0.3, -0.25) is 14.7 Å². The highest BCUT2D eigenvalue weighted by molar-refractivity contribution is 7.18. The van der Waals surface area contributed by atoms with Crippen molar-refractivity contribution in [2.24, 2.45) is 0 Å². The summed E-state index contributed by atoms with van der Waals surface area (Å²) in [4.78, 5) is 36.4. The van der Waals surface area contributed by atoms with Crippen molar-refractivity contribution in [3.05, 3.63) is 76.2 Å². The van der Waals surface area contributed by atoms with Gasteiger partial charge >= 0.3 is 6.03 Å². The molecule has 0 bridgehead atoms.